The molecule has 0 unspecified atom stereocenters. The normalized spacial score (nSPS) is 12.4. The molecule has 0 radical (unpaired) electrons. The molecule has 29 heavy (non-hydrogen) atoms. The zero-order valence-corrected chi connectivity index (χ0v) is 18.0. The van der Waals surface area contributed by atoms with Crippen molar-refractivity contribution in [1.29, 1.82) is 0 Å². The van der Waals surface area contributed by atoms with Gasteiger partial charge in [0.25, 0.3) is 0 Å². The Morgan fingerprint density at radius 2 is 1.83 bits per heavy atom. The fraction of sp³-hybridized carbons (Fsp3) is 0.476. The van der Waals surface area contributed by atoms with E-state index < -0.39 is 17.2 Å². The summed E-state index contributed by atoms with van der Waals surface area (Å²) in [6.07, 6.45) is 1.17. The number of hydrogen-bond acceptors (Lipinski definition) is 5. The summed E-state index contributed by atoms with van der Waals surface area (Å²) in [5, 5.41) is 9.24. The van der Waals surface area contributed by atoms with E-state index in [9.17, 15) is 4.79 Å². The molecule has 1 heterocycles. The van der Waals surface area contributed by atoms with Crippen molar-refractivity contribution in [2.45, 2.75) is 52.3 Å². The van der Waals surface area contributed by atoms with Crippen LogP contribution in [0.15, 0.2) is 46.0 Å². The van der Waals surface area contributed by atoms with E-state index in [1.807, 2.05) is 65.0 Å². The molecule has 1 aromatic heterocycles. The predicted octanol–water partition coefficient (Wildman–Crippen LogP) is 3.31. The van der Waals surface area contributed by atoms with Crippen LogP contribution >= 0.6 is 0 Å². The molecule has 2 rings (SSSR count). The SMILES string of the molecule is CN=C(NCc1coc(-c2ccccc2)n1)NCC(C)(C)NC(=O)OC(C)(C)C. The molecule has 8 nitrogen and oxygen atoms in total. The van der Waals surface area contributed by atoms with E-state index in [1.165, 1.54) is 0 Å². The Labute approximate surface area is 172 Å². The van der Waals surface area contributed by atoms with Gasteiger partial charge in [0.2, 0.25) is 5.89 Å². The van der Waals surface area contributed by atoms with E-state index in [0.29, 0.717) is 24.9 Å². The molecule has 0 bridgehead atoms. The molecule has 158 valence electrons. The molecule has 0 aliphatic rings. The minimum atomic E-state index is -0.540. The van der Waals surface area contributed by atoms with Gasteiger partial charge >= 0.3 is 6.09 Å². The van der Waals surface area contributed by atoms with Gasteiger partial charge in [0.05, 0.1) is 17.8 Å². The molecule has 0 fully saturated rings. The van der Waals surface area contributed by atoms with Gasteiger partial charge in [-0.1, -0.05) is 18.2 Å². The van der Waals surface area contributed by atoms with Crippen molar-refractivity contribution in [3.8, 4) is 11.5 Å². The Balaban J connectivity index is 1.83. The van der Waals surface area contributed by atoms with Crippen molar-refractivity contribution in [2.24, 2.45) is 4.99 Å². The molecule has 0 aliphatic heterocycles. The lowest BCUT2D eigenvalue weighted by Crippen LogP contribution is -2.54. The third-order valence-electron chi connectivity index (χ3n) is 3.77. The van der Waals surface area contributed by atoms with Crippen LogP contribution < -0.4 is 16.0 Å². The summed E-state index contributed by atoms with van der Waals surface area (Å²) in [5.41, 5.74) is 0.615. The quantitative estimate of drug-likeness (QED) is 0.507. The minimum Gasteiger partial charge on any atom is -0.444 e. The van der Waals surface area contributed by atoms with Crippen molar-refractivity contribution >= 4 is 12.1 Å². The van der Waals surface area contributed by atoms with Gasteiger partial charge in [-0.15, -0.1) is 0 Å². The molecule has 8 heteroatoms. The lowest BCUT2D eigenvalue weighted by atomic mass is 10.1. The second kappa shape index (κ2) is 9.45. The Kier molecular flexibility index (Phi) is 7.25. The van der Waals surface area contributed by atoms with Gasteiger partial charge in [-0.25, -0.2) is 9.78 Å². The second-order valence-electron chi connectivity index (χ2n) is 8.30. The molecule has 0 saturated heterocycles. The third-order valence-corrected chi connectivity index (χ3v) is 3.77. The van der Waals surface area contributed by atoms with E-state index in [2.05, 4.69) is 25.9 Å². The van der Waals surface area contributed by atoms with E-state index in [4.69, 9.17) is 9.15 Å². The maximum atomic E-state index is 12.0. The van der Waals surface area contributed by atoms with Crippen molar-refractivity contribution in [3.63, 3.8) is 0 Å². The number of rotatable bonds is 6. The fourth-order valence-electron chi connectivity index (χ4n) is 2.43. The number of aliphatic imine (C=N–C) groups is 1. The maximum absolute atomic E-state index is 12.0. The van der Waals surface area contributed by atoms with E-state index >= 15 is 0 Å². The molecule has 0 aliphatic carbocycles. The standard InChI is InChI=1S/C21H31N5O3/c1-20(2,3)29-19(27)26-21(4,5)14-24-18(22-6)23-12-16-13-28-17(25-16)15-10-8-7-9-11-15/h7-11,13H,12,14H2,1-6H3,(H,26,27)(H2,22,23,24). The lowest BCUT2D eigenvalue weighted by molar-refractivity contribution is 0.0474. The summed E-state index contributed by atoms with van der Waals surface area (Å²) >= 11 is 0. The van der Waals surface area contributed by atoms with Gasteiger partial charge in [0.1, 0.15) is 11.9 Å². The predicted molar refractivity (Wildman–Crippen MR) is 114 cm³/mol. The number of aromatic nitrogens is 1. The van der Waals surface area contributed by atoms with E-state index in [1.54, 1.807) is 13.3 Å². The third kappa shape index (κ3) is 7.85. The van der Waals surface area contributed by atoms with E-state index in [0.717, 1.165) is 11.3 Å². The second-order valence-corrected chi connectivity index (χ2v) is 8.30. The van der Waals surface area contributed by atoms with Crippen LogP contribution in [-0.4, -0.2) is 41.8 Å². The Hall–Kier alpha value is -3.03. The molecule has 0 spiro atoms. The topological polar surface area (TPSA) is 101 Å². The Morgan fingerprint density at radius 1 is 1.14 bits per heavy atom. The van der Waals surface area contributed by atoms with Crippen molar-refractivity contribution in [2.75, 3.05) is 13.6 Å². The molecule has 0 atom stereocenters. The summed E-state index contributed by atoms with van der Waals surface area (Å²) in [4.78, 5) is 20.7. The first-order chi connectivity index (χ1) is 13.6. The summed E-state index contributed by atoms with van der Waals surface area (Å²) < 4.78 is 10.9. The van der Waals surface area contributed by atoms with Gasteiger partial charge in [-0.2, -0.15) is 0 Å². The van der Waals surface area contributed by atoms with Crippen LogP contribution in [0.2, 0.25) is 0 Å². The molecule has 3 N–H and O–H groups in total. The van der Waals surface area contributed by atoms with Crippen molar-refractivity contribution in [3.05, 3.63) is 42.3 Å². The molecular weight excluding hydrogens is 370 g/mol. The van der Waals surface area contributed by atoms with Gasteiger partial charge in [-0.05, 0) is 46.8 Å². The molecule has 2 aromatic rings. The number of carbonyl (C=O) groups is 1. The summed E-state index contributed by atoms with van der Waals surface area (Å²) in [7, 11) is 1.68. The van der Waals surface area contributed by atoms with Crippen LogP contribution in [0.5, 0.6) is 0 Å². The first-order valence-electron chi connectivity index (χ1n) is 9.53. The zero-order valence-electron chi connectivity index (χ0n) is 18.0. The van der Waals surface area contributed by atoms with Crippen LogP contribution in [0.1, 0.15) is 40.3 Å². The number of oxazole rings is 1. The lowest BCUT2D eigenvalue weighted by Gasteiger charge is -2.29. The van der Waals surface area contributed by atoms with Gasteiger partial charge in [0, 0.05) is 19.2 Å². The number of nitrogens with zero attached hydrogens (tertiary/aromatic N) is 2. The molecular formula is C21H31N5O3. The smallest absolute Gasteiger partial charge is 0.408 e. The van der Waals surface area contributed by atoms with Crippen LogP contribution in [-0.2, 0) is 11.3 Å². The number of benzene rings is 1. The average molecular weight is 402 g/mol. The van der Waals surface area contributed by atoms with Crippen LogP contribution in [0.3, 0.4) is 0 Å². The van der Waals surface area contributed by atoms with Crippen LogP contribution in [0, 0.1) is 0 Å². The average Bonchev–Trinajstić information content (AvgIpc) is 3.09. The number of alkyl carbamates (subject to hydrolysis) is 1. The van der Waals surface area contributed by atoms with E-state index in [-0.39, 0.29) is 0 Å². The zero-order chi connectivity index (χ0) is 21.5. The van der Waals surface area contributed by atoms with Crippen LogP contribution in [0.4, 0.5) is 4.79 Å². The van der Waals surface area contributed by atoms with Crippen molar-refractivity contribution in [1.82, 2.24) is 20.9 Å². The van der Waals surface area contributed by atoms with Gasteiger partial charge in [0.15, 0.2) is 5.96 Å². The Morgan fingerprint density at radius 3 is 2.45 bits per heavy atom. The van der Waals surface area contributed by atoms with Gasteiger partial charge < -0.3 is 25.1 Å². The first kappa shape index (κ1) is 22.3. The highest BCUT2D eigenvalue weighted by atomic mass is 16.6. The highest BCUT2D eigenvalue weighted by Crippen LogP contribution is 2.17. The van der Waals surface area contributed by atoms with Crippen LogP contribution in [0.25, 0.3) is 11.5 Å². The monoisotopic (exact) mass is 401 g/mol. The number of ether oxygens (including phenoxy) is 1. The summed E-state index contributed by atoms with van der Waals surface area (Å²) in [5.74, 6) is 1.17. The first-order valence-corrected chi connectivity index (χ1v) is 9.53. The fourth-order valence-corrected chi connectivity index (χ4v) is 2.43. The molecule has 1 aromatic carbocycles. The minimum absolute atomic E-state index is 0.454. The number of nitrogens with one attached hydrogen (secondary N) is 3. The molecule has 1 amide bonds. The number of carbonyl (C=O) groups excluding carboxylic acids is 1. The highest BCUT2D eigenvalue weighted by molar-refractivity contribution is 5.79. The Bertz CT molecular complexity index is 822. The molecule has 0 saturated carbocycles. The number of amides is 1. The summed E-state index contributed by atoms with van der Waals surface area (Å²) in [6.45, 7) is 10.2. The summed E-state index contributed by atoms with van der Waals surface area (Å²) in [6, 6.07) is 9.73. The van der Waals surface area contributed by atoms with Crippen molar-refractivity contribution < 1.29 is 13.9 Å². The largest absolute Gasteiger partial charge is 0.444 e. The van der Waals surface area contributed by atoms with Gasteiger partial charge in [-0.3, -0.25) is 4.99 Å². The number of guanidine groups is 1. The maximum Gasteiger partial charge on any atom is 0.408 e. The highest BCUT2D eigenvalue weighted by Gasteiger charge is 2.24. The number of hydrogen-bond donors (Lipinski definition) is 3.